The Morgan fingerprint density at radius 1 is 0.884 bits per heavy atom. The fourth-order valence-corrected chi connectivity index (χ4v) is 5.96. The SMILES string of the molecule is CCC1CCCCN1Oc1ccc(C=NC2=C(N)C(F)=CCC2=Cc2ccc(ON3CCCCC3CC)cc2O)c(O)c1. The van der Waals surface area contributed by atoms with Gasteiger partial charge in [-0.05, 0) is 86.9 Å². The van der Waals surface area contributed by atoms with Crippen LogP contribution in [0.15, 0.2) is 70.3 Å². The average molecular weight is 591 g/mol. The summed E-state index contributed by atoms with van der Waals surface area (Å²) < 4.78 is 14.5. The summed E-state index contributed by atoms with van der Waals surface area (Å²) in [6.07, 6.45) is 13.6. The number of hydrogen-bond donors (Lipinski definition) is 3. The van der Waals surface area contributed by atoms with E-state index in [9.17, 15) is 14.6 Å². The normalized spacial score (nSPS) is 23.1. The number of aliphatic imine (C=N–C) groups is 1. The van der Waals surface area contributed by atoms with Crippen LogP contribution in [0, 0.1) is 0 Å². The van der Waals surface area contributed by atoms with E-state index >= 15 is 0 Å². The molecule has 2 fully saturated rings. The van der Waals surface area contributed by atoms with Crippen LogP contribution in [0.1, 0.15) is 82.8 Å². The second-order valence-electron chi connectivity index (χ2n) is 11.5. The van der Waals surface area contributed by atoms with Crippen molar-refractivity contribution in [2.75, 3.05) is 13.1 Å². The Labute approximate surface area is 253 Å². The molecule has 0 spiro atoms. The van der Waals surface area contributed by atoms with E-state index in [1.807, 2.05) is 16.2 Å². The summed E-state index contributed by atoms with van der Waals surface area (Å²) in [7, 11) is 0. The average Bonchev–Trinajstić information content (AvgIpc) is 3.01. The largest absolute Gasteiger partial charge is 0.507 e. The molecule has 2 aromatic carbocycles. The quantitative estimate of drug-likeness (QED) is 0.267. The van der Waals surface area contributed by atoms with Crippen LogP contribution in [0.5, 0.6) is 23.0 Å². The van der Waals surface area contributed by atoms with Crippen molar-refractivity contribution in [3.8, 4) is 23.0 Å². The predicted octanol–water partition coefficient (Wildman–Crippen LogP) is 7.14. The van der Waals surface area contributed by atoms with Crippen LogP contribution >= 0.6 is 0 Å². The molecular formula is C34H43FN4O4. The number of halogens is 1. The van der Waals surface area contributed by atoms with Crippen molar-refractivity contribution in [2.24, 2.45) is 10.7 Å². The van der Waals surface area contributed by atoms with Crippen LogP contribution < -0.4 is 15.4 Å². The summed E-state index contributed by atoms with van der Waals surface area (Å²) in [5.74, 6) is 0.601. The highest BCUT2D eigenvalue weighted by atomic mass is 19.1. The van der Waals surface area contributed by atoms with Crippen molar-refractivity contribution >= 4 is 12.3 Å². The molecule has 0 aromatic heterocycles. The van der Waals surface area contributed by atoms with Crippen LogP contribution in [-0.4, -0.2) is 51.7 Å². The van der Waals surface area contributed by atoms with Crippen molar-refractivity contribution in [3.05, 3.63) is 76.4 Å². The Hall–Kier alpha value is -3.82. The van der Waals surface area contributed by atoms with Gasteiger partial charge in [0.25, 0.3) is 0 Å². The first-order valence-corrected chi connectivity index (χ1v) is 15.5. The standard InChI is InChI=1S/C34H43FN4O4/c1-3-26-9-5-7-17-38(26)42-28-14-11-23(31(40)20-28)19-24-13-16-30(35)33(36)34(24)37-22-25-12-15-29(21-32(25)41)43-39-18-8-6-10-27(39)4-2/h11-12,14-16,19-22,26-27,40-41H,3-10,13,17-18,36H2,1-2H3. The molecule has 0 bridgehead atoms. The molecule has 5 rings (SSSR count). The van der Waals surface area contributed by atoms with Gasteiger partial charge in [0.2, 0.25) is 0 Å². The molecule has 0 radical (unpaired) electrons. The highest BCUT2D eigenvalue weighted by Crippen LogP contribution is 2.34. The zero-order chi connectivity index (χ0) is 30.3. The van der Waals surface area contributed by atoms with E-state index in [0.717, 1.165) is 51.6 Å². The van der Waals surface area contributed by atoms with Crippen LogP contribution in [0.2, 0.25) is 0 Å². The molecule has 43 heavy (non-hydrogen) atoms. The lowest BCUT2D eigenvalue weighted by Crippen LogP contribution is -2.41. The predicted molar refractivity (Wildman–Crippen MR) is 167 cm³/mol. The van der Waals surface area contributed by atoms with Crippen molar-refractivity contribution in [2.45, 2.75) is 83.7 Å². The van der Waals surface area contributed by atoms with Gasteiger partial charge in [-0.2, -0.15) is 0 Å². The third kappa shape index (κ3) is 7.40. The minimum absolute atomic E-state index is 0.00455. The molecule has 2 heterocycles. The highest BCUT2D eigenvalue weighted by Gasteiger charge is 2.24. The summed E-state index contributed by atoms with van der Waals surface area (Å²) in [6.45, 7) is 6.02. The Morgan fingerprint density at radius 3 is 1.98 bits per heavy atom. The maximum atomic E-state index is 14.5. The molecule has 9 heteroatoms. The highest BCUT2D eigenvalue weighted by molar-refractivity contribution is 5.85. The van der Waals surface area contributed by atoms with Gasteiger partial charge in [-0.3, -0.25) is 4.99 Å². The van der Waals surface area contributed by atoms with Crippen LogP contribution in [-0.2, 0) is 0 Å². The van der Waals surface area contributed by atoms with E-state index in [2.05, 4.69) is 18.8 Å². The molecule has 2 unspecified atom stereocenters. The van der Waals surface area contributed by atoms with Gasteiger partial charge in [0.1, 0.15) is 17.3 Å². The van der Waals surface area contributed by atoms with Crippen LogP contribution in [0.25, 0.3) is 6.08 Å². The molecule has 1 aliphatic carbocycles. The van der Waals surface area contributed by atoms with Crippen LogP contribution in [0.4, 0.5) is 4.39 Å². The molecule has 0 saturated carbocycles. The number of aromatic hydroxyl groups is 2. The van der Waals surface area contributed by atoms with Gasteiger partial charge in [0, 0.05) is 54.6 Å². The molecule has 3 aliphatic rings. The fourth-order valence-electron chi connectivity index (χ4n) is 5.96. The molecular weight excluding hydrogens is 547 g/mol. The number of nitrogens with two attached hydrogens (primary N) is 1. The molecule has 8 nitrogen and oxygen atoms in total. The second-order valence-corrected chi connectivity index (χ2v) is 11.5. The Bertz CT molecular complexity index is 1420. The third-order valence-corrected chi connectivity index (χ3v) is 8.52. The lowest BCUT2D eigenvalue weighted by atomic mass is 9.98. The summed E-state index contributed by atoms with van der Waals surface area (Å²) >= 11 is 0. The number of phenols is 2. The molecule has 2 saturated heterocycles. The van der Waals surface area contributed by atoms with Crippen molar-refractivity contribution < 1.29 is 24.3 Å². The zero-order valence-corrected chi connectivity index (χ0v) is 25.1. The molecule has 230 valence electrons. The summed E-state index contributed by atoms with van der Waals surface area (Å²) in [4.78, 5) is 16.7. The fraction of sp³-hybridized carbons (Fsp3) is 0.441. The van der Waals surface area contributed by atoms with E-state index in [1.165, 1.54) is 25.1 Å². The molecule has 2 aliphatic heterocycles. The minimum atomic E-state index is -0.552. The van der Waals surface area contributed by atoms with E-state index in [4.69, 9.17) is 15.4 Å². The van der Waals surface area contributed by atoms with Crippen molar-refractivity contribution in [3.63, 3.8) is 0 Å². The lowest BCUT2D eigenvalue weighted by molar-refractivity contribution is -0.113. The van der Waals surface area contributed by atoms with Crippen LogP contribution in [0.3, 0.4) is 0 Å². The summed E-state index contributed by atoms with van der Waals surface area (Å²) in [5, 5.41) is 25.6. The molecule has 4 N–H and O–H groups in total. The monoisotopic (exact) mass is 590 g/mol. The first-order chi connectivity index (χ1) is 20.9. The summed E-state index contributed by atoms with van der Waals surface area (Å²) in [6, 6.07) is 11.0. The third-order valence-electron chi connectivity index (χ3n) is 8.52. The number of piperidine rings is 2. The van der Waals surface area contributed by atoms with Gasteiger partial charge in [-0.15, -0.1) is 10.1 Å². The zero-order valence-electron chi connectivity index (χ0n) is 25.1. The van der Waals surface area contributed by atoms with Gasteiger partial charge in [-0.25, -0.2) is 4.39 Å². The maximum absolute atomic E-state index is 14.5. The number of hydrogen-bond acceptors (Lipinski definition) is 8. The number of allylic oxidation sites excluding steroid dienone is 3. The first kappa shape index (κ1) is 30.6. The Morgan fingerprint density at radius 2 is 1.44 bits per heavy atom. The van der Waals surface area contributed by atoms with Gasteiger partial charge >= 0.3 is 0 Å². The lowest BCUT2D eigenvalue weighted by Gasteiger charge is -2.34. The van der Waals surface area contributed by atoms with E-state index in [0.29, 0.717) is 40.3 Å². The van der Waals surface area contributed by atoms with Crippen molar-refractivity contribution in [1.29, 1.82) is 0 Å². The first-order valence-electron chi connectivity index (χ1n) is 15.5. The minimum Gasteiger partial charge on any atom is -0.507 e. The maximum Gasteiger partial charge on any atom is 0.151 e. The number of nitrogens with zero attached hydrogens (tertiary/aromatic N) is 3. The van der Waals surface area contributed by atoms with Gasteiger partial charge in [-0.1, -0.05) is 26.7 Å². The number of hydroxylamine groups is 4. The Balaban J connectivity index is 1.32. The number of benzene rings is 2. The smallest absolute Gasteiger partial charge is 0.151 e. The van der Waals surface area contributed by atoms with E-state index in [-0.39, 0.29) is 29.3 Å². The molecule has 2 atom stereocenters. The summed E-state index contributed by atoms with van der Waals surface area (Å²) in [5.41, 5.74) is 7.89. The van der Waals surface area contributed by atoms with Gasteiger partial charge in [0.15, 0.2) is 11.5 Å². The Kier molecular flexibility index (Phi) is 10.0. The second kappa shape index (κ2) is 14.1. The van der Waals surface area contributed by atoms with Crippen molar-refractivity contribution in [1.82, 2.24) is 10.1 Å². The molecule has 2 aromatic rings. The number of phenolic OH excluding ortho intramolecular Hbond substituents is 2. The van der Waals surface area contributed by atoms with E-state index < -0.39 is 5.83 Å². The topological polar surface area (TPSA) is 104 Å². The van der Waals surface area contributed by atoms with E-state index in [1.54, 1.807) is 36.4 Å². The van der Waals surface area contributed by atoms with Gasteiger partial charge in [0.05, 0.1) is 11.4 Å². The number of rotatable bonds is 9. The molecule has 0 amide bonds. The van der Waals surface area contributed by atoms with Gasteiger partial charge < -0.3 is 25.6 Å².